The second kappa shape index (κ2) is 6.86. The van der Waals surface area contributed by atoms with E-state index in [1.165, 1.54) is 6.26 Å². The first-order valence-corrected chi connectivity index (χ1v) is 7.93. The topological polar surface area (TPSA) is 110 Å². The third-order valence-corrected chi connectivity index (χ3v) is 3.96. The van der Waals surface area contributed by atoms with Crippen LogP contribution in [0.2, 0.25) is 0 Å². The van der Waals surface area contributed by atoms with Crippen molar-refractivity contribution in [1.29, 1.82) is 0 Å². The number of rotatable bonds is 8. The van der Waals surface area contributed by atoms with Crippen molar-refractivity contribution in [3.8, 4) is 11.6 Å². The molecule has 1 N–H and O–H groups in total. The number of carbonyl (C=O) groups excluding carboxylic acids is 1. The summed E-state index contributed by atoms with van der Waals surface area (Å²) >= 11 is 0. The molecule has 1 amide bonds. The van der Waals surface area contributed by atoms with Crippen LogP contribution in [0.3, 0.4) is 0 Å². The molecule has 0 aliphatic heterocycles. The third-order valence-electron chi connectivity index (χ3n) is 3.96. The van der Waals surface area contributed by atoms with Crippen LogP contribution in [0.1, 0.15) is 32.1 Å². The fourth-order valence-corrected chi connectivity index (χ4v) is 2.43. The Morgan fingerprint density at radius 1 is 1.46 bits per heavy atom. The van der Waals surface area contributed by atoms with Crippen molar-refractivity contribution in [1.82, 2.24) is 15.0 Å². The Morgan fingerprint density at radius 3 is 2.88 bits per heavy atom. The molecule has 0 aromatic carbocycles. The summed E-state index contributed by atoms with van der Waals surface area (Å²) in [6.07, 6.45) is 3.91. The zero-order chi connectivity index (χ0) is 17.1. The van der Waals surface area contributed by atoms with E-state index in [1.807, 2.05) is 0 Å². The van der Waals surface area contributed by atoms with Crippen LogP contribution in [0.15, 0.2) is 27.3 Å². The van der Waals surface area contributed by atoms with Crippen LogP contribution in [-0.2, 0) is 16.0 Å². The first-order chi connectivity index (χ1) is 11.5. The van der Waals surface area contributed by atoms with E-state index in [0.717, 1.165) is 12.8 Å². The Bertz CT molecular complexity index is 705. The Morgan fingerprint density at radius 2 is 2.25 bits per heavy atom. The van der Waals surface area contributed by atoms with Gasteiger partial charge >= 0.3 is 5.97 Å². The number of aryl methyl sites for hydroxylation is 1. The van der Waals surface area contributed by atoms with Gasteiger partial charge in [-0.25, -0.2) is 0 Å². The summed E-state index contributed by atoms with van der Waals surface area (Å²) < 4.78 is 10.3. The van der Waals surface area contributed by atoms with Gasteiger partial charge in [0.25, 0.3) is 0 Å². The van der Waals surface area contributed by atoms with Crippen LogP contribution in [0.4, 0.5) is 0 Å². The van der Waals surface area contributed by atoms with Crippen molar-refractivity contribution in [2.45, 2.75) is 38.6 Å². The van der Waals surface area contributed by atoms with E-state index in [4.69, 9.17) is 14.0 Å². The van der Waals surface area contributed by atoms with Crippen LogP contribution >= 0.6 is 0 Å². The smallest absolute Gasteiger partial charge is 0.308 e. The Balaban J connectivity index is 1.56. The van der Waals surface area contributed by atoms with Crippen molar-refractivity contribution in [3.05, 3.63) is 24.3 Å². The van der Waals surface area contributed by atoms with Gasteiger partial charge in [0.15, 0.2) is 5.76 Å². The lowest BCUT2D eigenvalue weighted by Crippen LogP contribution is -2.38. The number of hydrogen-bond acceptors (Lipinski definition) is 6. The Labute approximate surface area is 138 Å². The first-order valence-electron chi connectivity index (χ1n) is 7.93. The van der Waals surface area contributed by atoms with Gasteiger partial charge < -0.3 is 18.9 Å². The number of furan rings is 1. The minimum atomic E-state index is -0.895. The summed E-state index contributed by atoms with van der Waals surface area (Å²) in [4.78, 5) is 29.3. The summed E-state index contributed by atoms with van der Waals surface area (Å²) in [5.41, 5.74) is 0. The maximum atomic E-state index is 12.4. The van der Waals surface area contributed by atoms with Crippen molar-refractivity contribution in [2.75, 3.05) is 6.54 Å². The zero-order valence-electron chi connectivity index (χ0n) is 13.3. The van der Waals surface area contributed by atoms with Crippen molar-refractivity contribution in [2.24, 2.45) is 5.92 Å². The highest BCUT2D eigenvalue weighted by atomic mass is 16.5. The molecule has 3 rings (SSSR count). The number of carboxylic acid groups (broad SMARTS) is 1. The molecule has 8 heteroatoms. The van der Waals surface area contributed by atoms with E-state index < -0.39 is 11.9 Å². The molecule has 1 fully saturated rings. The van der Waals surface area contributed by atoms with E-state index >= 15 is 0 Å². The first kappa shape index (κ1) is 16.2. The molecule has 0 bridgehead atoms. The molecular formula is C16H19N3O5. The number of hydrogen-bond donors (Lipinski definition) is 1. The molecule has 1 unspecified atom stereocenters. The van der Waals surface area contributed by atoms with Crippen LogP contribution in [0, 0.1) is 5.92 Å². The maximum absolute atomic E-state index is 12.4. The summed E-state index contributed by atoms with van der Waals surface area (Å²) in [6.45, 7) is 1.85. The van der Waals surface area contributed by atoms with Crippen molar-refractivity contribution in [3.63, 3.8) is 0 Å². The fourth-order valence-electron chi connectivity index (χ4n) is 2.43. The number of carbonyl (C=O) groups is 2. The molecule has 8 nitrogen and oxygen atoms in total. The van der Waals surface area contributed by atoms with E-state index in [0.29, 0.717) is 23.9 Å². The summed E-state index contributed by atoms with van der Waals surface area (Å²) in [7, 11) is 0. The van der Waals surface area contributed by atoms with Crippen LogP contribution in [0.5, 0.6) is 0 Å². The predicted molar refractivity (Wildman–Crippen MR) is 81.9 cm³/mol. The van der Waals surface area contributed by atoms with Gasteiger partial charge in [-0.05, 0) is 25.0 Å². The molecule has 0 spiro atoms. The van der Waals surface area contributed by atoms with E-state index in [2.05, 4.69) is 10.1 Å². The molecule has 2 aromatic heterocycles. The second-order valence-corrected chi connectivity index (χ2v) is 6.01. The van der Waals surface area contributed by atoms with Gasteiger partial charge in [0, 0.05) is 25.4 Å². The molecule has 1 saturated carbocycles. The van der Waals surface area contributed by atoms with Gasteiger partial charge in [-0.15, -0.1) is 0 Å². The molecule has 1 aliphatic rings. The SMILES string of the molecule is CC(CN(C(=O)CCc1nc(-c2ccco2)no1)C1CC1)C(=O)O. The number of carboxylic acids is 1. The molecule has 24 heavy (non-hydrogen) atoms. The quantitative estimate of drug-likeness (QED) is 0.786. The number of aromatic nitrogens is 2. The normalized spacial score (nSPS) is 15.2. The van der Waals surface area contributed by atoms with Crippen LogP contribution < -0.4 is 0 Å². The Hall–Kier alpha value is -2.64. The highest BCUT2D eigenvalue weighted by molar-refractivity contribution is 5.78. The van der Waals surface area contributed by atoms with E-state index in [1.54, 1.807) is 24.0 Å². The predicted octanol–water partition coefficient (Wildman–Crippen LogP) is 1.97. The van der Waals surface area contributed by atoms with Crippen LogP contribution in [-0.4, -0.2) is 44.6 Å². The standard InChI is InChI=1S/C16H19N3O5/c1-10(16(21)22)9-19(11-4-5-11)14(20)7-6-13-17-15(18-24-13)12-3-2-8-23-12/h2-3,8,10-11H,4-7,9H2,1H3,(H,21,22). The number of amides is 1. The van der Waals surface area contributed by atoms with Crippen molar-refractivity contribution >= 4 is 11.9 Å². The van der Waals surface area contributed by atoms with Gasteiger partial charge in [-0.1, -0.05) is 12.1 Å². The molecular weight excluding hydrogens is 314 g/mol. The minimum absolute atomic E-state index is 0.0802. The van der Waals surface area contributed by atoms with Crippen LogP contribution in [0.25, 0.3) is 11.6 Å². The van der Waals surface area contributed by atoms with Gasteiger partial charge in [0.05, 0.1) is 12.2 Å². The summed E-state index contributed by atoms with van der Waals surface area (Å²) in [5.74, 6) is -0.343. The molecule has 0 radical (unpaired) electrons. The number of aliphatic carboxylic acids is 1. The molecule has 128 valence electrons. The second-order valence-electron chi connectivity index (χ2n) is 6.01. The number of nitrogens with zero attached hydrogens (tertiary/aromatic N) is 3. The van der Waals surface area contributed by atoms with Gasteiger partial charge in [0.1, 0.15) is 0 Å². The largest absolute Gasteiger partial charge is 0.481 e. The van der Waals surface area contributed by atoms with Gasteiger partial charge in [-0.3, -0.25) is 9.59 Å². The molecule has 2 heterocycles. The fraction of sp³-hybridized carbons (Fsp3) is 0.500. The molecule has 2 aromatic rings. The third kappa shape index (κ3) is 3.81. The monoisotopic (exact) mass is 333 g/mol. The van der Waals surface area contributed by atoms with E-state index in [-0.39, 0.29) is 24.9 Å². The van der Waals surface area contributed by atoms with Crippen molar-refractivity contribution < 1.29 is 23.6 Å². The average molecular weight is 333 g/mol. The maximum Gasteiger partial charge on any atom is 0.308 e. The molecule has 1 aliphatic carbocycles. The lowest BCUT2D eigenvalue weighted by molar-refractivity contribution is -0.143. The Kier molecular flexibility index (Phi) is 4.64. The summed E-state index contributed by atoms with van der Waals surface area (Å²) in [5, 5.41) is 12.9. The average Bonchev–Trinajstić information content (AvgIpc) is 3.06. The van der Waals surface area contributed by atoms with E-state index in [9.17, 15) is 9.59 Å². The molecule has 1 atom stereocenters. The summed E-state index contributed by atoms with van der Waals surface area (Å²) in [6, 6.07) is 3.62. The highest BCUT2D eigenvalue weighted by Crippen LogP contribution is 2.28. The zero-order valence-corrected chi connectivity index (χ0v) is 13.3. The van der Waals surface area contributed by atoms with Gasteiger partial charge in [-0.2, -0.15) is 4.98 Å². The lowest BCUT2D eigenvalue weighted by atomic mass is 10.1. The minimum Gasteiger partial charge on any atom is -0.481 e. The highest BCUT2D eigenvalue weighted by Gasteiger charge is 2.34. The van der Waals surface area contributed by atoms with Gasteiger partial charge in [0.2, 0.25) is 17.6 Å². The molecule has 0 saturated heterocycles. The lowest BCUT2D eigenvalue weighted by Gasteiger charge is -2.24.